The SMILES string of the molecule is Cc1cccc(-n2c(C(F)(F)F)nnc2C(F)(F)F)c1. The maximum Gasteiger partial charge on any atom is 0.452 e. The highest BCUT2D eigenvalue weighted by Crippen LogP contribution is 2.35. The summed E-state index contributed by atoms with van der Waals surface area (Å²) in [5, 5.41) is 5.26. The van der Waals surface area contributed by atoms with Gasteiger partial charge in [0, 0.05) is 5.69 Å². The first kappa shape index (κ1) is 14.4. The molecule has 2 aromatic rings. The molecule has 1 heterocycles. The molecule has 0 aliphatic heterocycles. The molecule has 1 aromatic heterocycles. The number of hydrogen-bond acceptors (Lipinski definition) is 2. The molecular weight excluding hydrogens is 288 g/mol. The van der Waals surface area contributed by atoms with Gasteiger partial charge in [-0.05, 0) is 24.6 Å². The van der Waals surface area contributed by atoms with Crippen molar-refractivity contribution in [2.45, 2.75) is 19.3 Å². The van der Waals surface area contributed by atoms with Gasteiger partial charge in [0.15, 0.2) is 0 Å². The first-order valence-electron chi connectivity index (χ1n) is 5.27. The molecule has 0 fully saturated rings. The summed E-state index contributed by atoms with van der Waals surface area (Å²) in [4.78, 5) is 0. The maximum atomic E-state index is 12.7. The number of rotatable bonds is 1. The van der Waals surface area contributed by atoms with E-state index in [1.165, 1.54) is 12.1 Å². The van der Waals surface area contributed by atoms with Crippen LogP contribution in [0.4, 0.5) is 26.3 Å². The molecule has 0 radical (unpaired) electrons. The molecule has 0 bridgehead atoms. The highest BCUT2D eigenvalue weighted by atomic mass is 19.4. The minimum absolute atomic E-state index is 0.0347. The number of hydrogen-bond donors (Lipinski definition) is 0. The summed E-state index contributed by atoms with van der Waals surface area (Å²) in [7, 11) is 0. The van der Waals surface area contributed by atoms with Crippen molar-refractivity contribution in [2.24, 2.45) is 0 Å². The number of nitrogens with zero attached hydrogens (tertiary/aromatic N) is 3. The largest absolute Gasteiger partial charge is 0.452 e. The summed E-state index contributed by atoms with van der Waals surface area (Å²) in [6.45, 7) is 1.55. The Morgan fingerprint density at radius 3 is 1.80 bits per heavy atom. The molecule has 1 aromatic carbocycles. The topological polar surface area (TPSA) is 30.7 Å². The normalized spacial score (nSPS) is 12.8. The second-order valence-corrected chi connectivity index (χ2v) is 4.02. The highest BCUT2D eigenvalue weighted by molar-refractivity contribution is 5.38. The fourth-order valence-corrected chi connectivity index (χ4v) is 1.66. The van der Waals surface area contributed by atoms with Gasteiger partial charge in [0.25, 0.3) is 0 Å². The highest BCUT2D eigenvalue weighted by Gasteiger charge is 2.45. The van der Waals surface area contributed by atoms with Gasteiger partial charge in [0.1, 0.15) is 0 Å². The van der Waals surface area contributed by atoms with Gasteiger partial charge in [-0.15, -0.1) is 10.2 Å². The summed E-state index contributed by atoms with van der Waals surface area (Å²) in [6.07, 6.45) is -10.1. The van der Waals surface area contributed by atoms with Gasteiger partial charge in [-0.3, -0.25) is 4.57 Å². The van der Waals surface area contributed by atoms with Crippen molar-refractivity contribution in [1.29, 1.82) is 0 Å². The van der Waals surface area contributed by atoms with Gasteiger partial charge in [0.2, 0.25) is 11.6 Å². The smallest absolute Gasteiger partial charge is 0.268 e. The van der Waals surface area contributed by atoms with Crippen molar-refractivity contribution >= 4 is 0 Å². The third kappa shape index (κ3) is 2.61. The van der Waals surface area contributed by atoms with Gasteiger partial charge in [-0.2, -0.15) is 26.3 Å². The Bertz CT molecular complexity index is 594. The lowest BCUT2D eigenvalue weighted by atomic mass is 10.2. The van der Waals surface area contributed by atoms with Crippen molar-refractivity contribution < 1.29 is 26.3 Å². The third-order valence-electron chi connectivity index (χ3n) is 2.43. The first-order valence-corrected chi connectivity index (χ1v) is 5.27. The quantitative estimate of drug-likeness (QED) is 0.752. The van der Waals surface area contributed by atoms with Crippen LogP contribution in [0.2, 0.25) is 0 Å². The second-order valence-electron chi connectivity index (χ2n) is 4.02. The lowest BCUT2D eigenvalue weighted by Crippen LogP contribution is -2.19. The molecule has 2 rings (SSSR count). The Morgan fingerprint density at radius 2 is 1.40 bits per heavy atom. The molecule has 0 unspecified atom stereocenters. The lowest BCUT2D eigenvalue weighted by molar-refractivity contribution is -0.153. The predicted octanol–water partition coefficient (Wildman–Crippen LogP) is 3.61. The van der Waals surface area contributed by atoms with Crippen molar-refractivity contribution in [3.63, 3.8) is 0 Å². The molecule has 20 heavy (non-hydrogen) atoms. The minimum atomic E-state index is -5.04. The van der Waals surface area contributed by atoms with E-state index < -0.39 is 24.0 Å². The van der Waals surface area contributed by atoms with E-state index in [2.05, 4.69) is 10.2 Å². The first-order chi connectivity index (χ1) is 9.10. The Morgan fingerprint density at radius 1 is 0.900 bits per heavy atom. The molecule has 0 N–H and O–H groups in total. The Labute approximate surface area is 108 Å². The van der Waals surface area contributed by atoms with E-state index in [-0.39, 0.29) is 10.3 Å². The third-order valence-corrected chi connectivity index (χ3v) is 2.43. The monoisotopic (exact) mass is 295 g/mol. The van der Waals surface area contributed by atoms with Crippen molar-refractivity contribution in [3.8, 4) is 5.69 Å². The Kier molecular flexibility index (Phi) is 3.23. The maximum absolute atomic E-state index is 12.7. The van der Waals surface area contributed by atoms with E-state index in [1.54, 1.807) is 13.0 Å². The second kappa shape index (κ2) is 4.50. The van der Waals surface area contributed by atoms with Crippen LogP contribution in [0, 0.1) is 6.92 Å². The van der Waals surface area contributed by atoms with E-state index in [4.69, 9.17) is 0 Å². The number of aryl methyl sites for hydroxylation is 1. The van der Waals surface area contributed by atoms with Crippen molar-refractivity contribution in [2.75, 3.05) is 0 Å². The van der Waals surface area contributed by atoms with E-state index in [9.17, 15) is 26.3 Å². The molecule has 0 saturated heterocycles. The molecular formula is C11H7F6N3. The zero-order chi connectivity index (χ0) is 15.1. The van der Waals surface area contributed by atoms with Crippen LogP contribution in [-0.2, 0) is 12.4 Å². The zero-order valence-electron chi connectivity index (χ0n) is 9.92. The van der Waals surface area contributed by atoms with E-state index in [1.807, 2.05) is 0 Å². The standard InChI is InChI=1S/C11H7F6N3/c1-6-3-2-4-7(5-6)20-8(10(12,13)14)18-19-9(20)11(15,16)17/h2-5H,1H3. The number of halogens is 6. The lowest BCUT2D eigenvalue weighted by Gasteiger charge is -2.13. The predicted molar refractivity (Wildman–Crippen MR) is 56.1 cm³/mol. The van der Waals surface area contributed by atoms with Gasteiger partial charge in [0.05, 0.1) is 0 Å². The van der Waals surface area contributed by atoms with Gasteiger partial charge >= 0.3 is 12.4 Å². The van der Waals surface area contributed by atoms with E-state index in [0.717, 1.165) is 6.07 Å². The summed E-state index contributed by atoms with van der Waals surface area (Å²) in [5.41, 5.74) is 0.215. The Hall–Kier alpha value is -2.06. The zero-order valence-corrected chi connectivity index (χ0v) is 9.92. The fraction of sp³-hybridized carbons (Fsp3) is 0.273. The van der Waals surface area contributed by atoms with Crippen LogP contribution in [0.25, 0.3) is 5.69 Å². The summed E-state index contributed by atoms with van der Waals surface area (Å²) in [6, 6.07) is 5.22. The van der Waals surface area contributed by atoms with Crippen molar-refractivity contribution in [1.82, 2.24) is 14.8 Å². The molecule has 0 saturated carbocycles. The van der Waals surface area contributed by atoms with Crippen LogP contribution < -0.4 is 0 Å². The van der Waals surface area contributed by atoms with E-state index >= 15 is 0 Å². The van der Waals surface area contributed by atoms with Crippen LogP contribution in [0.3, 0.4) is 0 Å². The van der Waals surface area contributed by atoms with Crippen LogP contribution in [0.1, 0.15) is 17.2 Å². The van der Waals surface area contributed by atoms with Crippen LogP contribution in [0.15, 0.2) is 24.3 Å². The molecule has 9 heteroatoms. The molecule has 0 amide bonds. The average molecular weight is 295 g/mol. The van der Waals surface area contributed by atoms with Gasteiger partial charge in [-0.25, -0.2) is 0 Å². The summed E-state index contributed by atoms with van der Waals surface area (Å²) < 4.78 is 76.4. The van der Waals surface area contributed by atoms with Gasteiger partial charge < -0.3 is 0 Å². The molecule has 0 atom stereocenters. The van der Waals surface area contributed by atoms with Crippen LogP contribution in [-0.4, -0.2) is 14.8 Å². The number of aromatic nitrogens is 3. The minimum Gasteiger partial charge on any atom is -0.268 e. The molecule has 108 valence electrons. The van der Waals surface area contributed by atoms with Crippen LogP contribution in [0.5, 0.6) is 0 Å². The van der Waals surface area contributed by atoms with Gasteiger partial charge in [-0.1, -0.05) is 12.1 Å². The average Bonchev–Trinajstić information content (AvgIpc) is 2.72. The molecule has 0 aliphatic rings. The Balaban J connectivity index is 2.74. The van der Waals surface area contributed by atoms with Crippen molar-refractivity contribution in [3.05, 3.63) is 41.5 Å². The van der Waals surface area contributed by atoms with E-state index in [0.29, 0.717) is 5.56 Å². The number of alkyl halides is 6. The summed E-state index contributed by atoms with van der Waals surface area (Å²) in [5.74, 6) is -3.43. The molecule has 0 spiro atoms. The molecule has 0 aliphatic carbocycles. The molecule has 3 nitrogen and oxygen atoms in total. The van der Waals surface area contributed by atoms with Crippen LogP contribution >= 0.6 is 0 Å². The summed E-state index contributed by atoms with van der Waals surface area (Å²) >= 11 is 0. The fourth-order valence-electron chi connectivity index (χ4n) is 1.66. The number of benzene rings is 1.